The lowest BCUT2D eigenvalue weighted by atomic mass is 9.82. The Kier molecular flexibility index (Phi) is 8.04. The van der Waals surface area contributed by atoms with E-state index in [0.717, 1.165) is 30.7 Å². The van der Waals surface area contributed by atoms with Gasteiger partial charge in [-0.1, -0.05) is 0 Å². The molecule has 1 aromatic carbocycles. The van der Waals surface area contributed by atoms with E-state index in [1.54, 1.807) is 7.11 Å². The molecule has 0 spiro atoms. The second-order valence-corrected chi connectivity index (χ2v) is 10.0. The van der Waals surface area contributed by atoms with Gasteiger partial charge in [-0.25, -0.2) is 8.42 Å². The Labute approximate surface area is 200 Å². The topological polar surface area (TPSA) is 152 Å². The van der Waals surface area contributed by atoms with Gasteiger partial charge in [0.05, 0.1) is 29.5 Å². The van der Waals surface area contributed by atoms with E-state index in [4.69, 9.17) is 10.5 Å². The Balaban J connectivity index is 1.79. The van der Waals surface area contributed by atoms with Crippen LogP contribution in [-0.4, -0.2) is 55.9 Å². The second-order valence-electron chi connectivity index (χ2n) is 8.09. The highest BCUT2D eigenvalue weighted by Crippen LogP contribution is 2.35. The monoisotopic (exact) mass is 514 g/mol. The molecule has 10 nitrogen and oxygen atoms in total. The van der Waals surface area contributed by atoms with Gasteiger partial charge in [-0.3, -0.25) is 9.48 Å². The zero-order chi connectivity index (χ0) is 25.8. The highest BCUT2D eigenvalue weighted by atomic mass is 32.2. The van der Waals surface area contributed by atoms with Crippen LogP contribution in [0.15, 0.2) is 35.4 Å². The minimum absolute atomic E-state index is 0.0222. The number of anilines is 2. The van der Waals surface area contributed by atoms with E-state index >= 15 is 0 Å². The van der Waals surface area contributed by atoms with Gasteiger partial charge in [0, 0.05) is 31.6 Å². The van der Waals surface area contributed by atoms with Crippen molar-refractivity contribution in [2.75, 3.05) is 25.6 Å². The first kappa shape index (κ1) is 26.5. The molecule has 3 atom stereocenters. The molecule has 2 aromatic rings. The fourth-order valence-electron chi connectivity index (χ4n) is 3.98. The normalized spacial score (nSPS) is 20.8. The molecule has 1 aromatic heterocycles. The predicted molar refractivity (Wildman–Crippen MR) is 119 cm³/mol. The van der Waals surface area contributed by atoms with Crippen molar-refractivity contribution in [3.63, 3.8) is 0 Å². The number of nitrogens with zero attached hydrogens (tertiary/aromatic N) is 3. The molecule has 0 aliphatic heterocycles. The lowest BCUT2D eigenvalue weighted by molar-refractivity contribution is -0.0436. The number of carbonyl (C=O) groups is 1. The van der Waals surface area contributed by atoms with Crippen LogP contribution in [0.25, 0.3) is 0 Å². The Morgan fingerprint density at radius 1 is 1.31 bits per heavy atom. The van der Waals surface area contributed by atoms with E-state index in [1.807, 2.05) is 0 Å². The van der Waals surface area contributed by atoms with E-state index in [1.165, 1.54) is 10.9 Å². The summed E-state index contributed by atoms with van der Waals surface area (Å²) in [6.45, 7) is 1.21. The molecule has 0 unspecified atom stereocenters. The van der Waals surface area contributed by atoms with Crippen molar-refractivity contribution in [1.29, 1.82) is 5.26 Å². The van der Waals surface area contributed by atoms with Crippen LogP contribution in [0.1, 0.15) is 35.7 Å². The molecule has 1 fully saturated rings. The molecule has 4 N–H and O–H groups in total. The molecular formula is C21H25F3N6O4S. The van der Waals surface area contributed by atoms with Gasteiger partial charge in [0.2, 0.25) is 0 Å². The summed E-state index contributed by atoms with van der Waals surface area (Å²) in [4.78, 5) is 11.1. The lowest BCUT2D eigenvalue weighted by Crippen LogP contribution is -2.39. The molecule has 0 saturated heterocycles. The zero-order valence-corrected chi connectivity index (χ0v) is 19.6. The number of alkyl halides is 3. The summed E-state index contributed by atoms with van der Waals surface area (Å²) >= 11 is 0. The minimum Gasteiger partial charge on any atom is -0.383 e. The van der Waals surface area contributed by atoms with E-state index in [2.05, 4.69) is 21.8 Å². The number of aromatic nitrogens is 2. The number of nitrogens with two attached hydrogens (primary N) is 1. The number of hydrogen-bond acceptors (Lipinski definition) is 8. The summed E-state index contributed by atoms with van der Waals surface area (Å²) in [5.74, 6) is -1.14. The van der Waals surface area contributed by atoms with Gasteiger partial charge < -0.3 is 21.1 Å². The Morgan fingerprint density at radius 2 is 2.00 bits per heavy atom. The number of methoxy groups -OCH3 is 1. The molecule has 190 valence electrons. The number of benzene rings is 1. The zero-order valence-electron chi connectivity index (χ0n) is 18.7. The van der Waals surface area contributed by atoms with Crippen molar-refractivity contribution >= 4 is 27.2 Å². The van der Waals surface area contributed by atoms with Crippen LogP contribution in [-0.2, 0) is 14.6 Å². The summed E-state index contributed by atoms with van der Waals surface area (Å²) in [5.41, 5.74) is 0.271. The number of halogens is 3. The van der Waals surface area contributed by atoms with Crippen LogP contribution in [0, 0.1) is 17.2 Å². The van der Waals surface area contributed by atoms with Gasteiger partial charge in [-0.15, -0.1) is 0 Å². The molecule has 1 aliphatic rings. The summed E-state index contributed by atoms with van der Waals surface area (Å²) < 4.78 is 67.9. The van der Waals surface area contributed by atoms with Crippen molar-refractivity contribution in [3.05, 3.63) is 36.0 Å². The molecule has 0 bridgehead atoms. The van der Waals surface area contributed by atoms with E-state index in [-0.39, 0.29) is 35.1 Å². The number of primary amides is 1. The van der Waals surface area contributed by atoms with Crippen molar-refractivity contribution in [1.82, 2.24) is 15.1 Å². The molecule has 0 radical (unpaired) electrons. The number of nitriles is 1. The average molecular weight is 515 g/mol. The minimum atomic E-state index is -5.48. The van der Waals surface area contributed by atoms with Gasteiger partial charge in [0.1, 0.15) is 5.56 Å². The van der Waals surface area contributed by atoms with Crippen LogP contribution in [0.4, 0.5) is 24.7 Å². The highest BCUT2D eigenvalue weighted by molar-refractivity contribution is 7.92. The van der Waals surface area contributed by atoms with Crippen LogP contribution in [0.2, 0.25) is 0 Å². The molecule has 14 heteroatoms. The summed E-state index contributed by atoms with van der Waals surface area (Å²) in [7, 11) is -3.88. The number of carbonyl (C=O) groups excluding carboxylic acids is 1. The maximum Gasteiger partial charge on any atom is 0.501 e. The maximum atomic E-state index is 12.8. The van der Waals surface area contributed by atoms with Gasteiger partial charge in [0.25, 0.3) is 15.7 Å². The number of sulfone groups is 1. The van der Waals surface area contributed by atoms with E-state index in [9.17, 15) is 31.6 Å². The van der Waals surface area contributed by atoms with Crippen molar-refractivity contribution < 1.29 is 31.1 Å². The molecule has 35 heavy (non-hydrogen) atoms. The van der Waals surface area contributed by atoms with Crippen LogP contribution in [0.3, 0.4) is 0 Å². The van der Waals surface area contributed by atoms with Crippen molar-refractivity contribution in [2.24, 2.45) is 11.7 Å². The van der Waals surface area contributed by atoms with Gasteiger partial charge in [-0.05, 0) is 43.5 Å². The third-order valence-electron chi connectivity index (χ3n) is 5.79. The van der Waals surface area contributed by atoms with E-state index < -0.39 is 26.1 Å². The van der Waals surface area contributed by atoms with Crippen molar-refractivity contribution in [2.45, 2.75) is 41.7 Å². The first-order chi connectivity index (χ1) is 16.5. The summed E-state index contributed by atoms with van der Waals surface area (Å²) in [6.07, 6.45) is 3.40. The molecule has 1 heterocycles. The maximum absolute atomic E-state index is 12.8. The second kappa shape index (κ2) is 10.6. The Bertz CT molecular complexity index is 1190. The summed E-state index contributed by atoms with van der Waals surface area (Å²) in [5, 5.41) is 20.2. The van der Waals surface area contributed by atoms with Crippen LogP contribution < -0.4 is 16.4 Å². The number of amides is 1. The molecule has 1 aliphatic carbocycles. The fraction of sp³-hybridized carbons (Fsp3) is 0.476. The molecule has 1 amide bonds. The largest absolute Gasteiger partial charge is 0.501 e. The van der Waals surface area contributed by atoms with E-state index in [0.29, 0.717) is 26.0 Å². The highest BCUT2D eigenvalue weighted by Gasteiger charge is 2.46. The average Bonchev–Trinajstić information content (AvgIpc) is 3.22. The van der Waals surface area contributed by atoms with Gasteiger partial charge >= 0.3 is 5.51 Å². The third-order valence-corrected chi connectivity index (χ3v) is 7.29. The first-order valence-corrected chi connectivity index (χ1v) is 12.2. The Hall–Kier alpha value is -3.15. The van der Waals surface area contributed by atoms with Crippen LogP contribution >= 0.6 is 0 Å². The molecule has 1 saturated carbocycles. The smallest absolute Gasteiger partial charge is 0.383 e. The van der Waals surface area contributed by atoms with Crippen molar-refractivity contribution in [3.8, 4) is 6.07 Å². The molecular weight excluding hydrogens is 489 g/mol. The first-order valence-electron chi connectivity index (χ1n) is 10.7. The summed E-state index contributed by atoms with van der Waals surface area (Å²) in [6, 6.07) is 5.97. The van der Waals surface area contributed by atoms with Crippen LogP contribution in [0.5, 0.6) is 0 Å². The fourth-order valence-corrected chi connectivity index (χ4v) is 4.74. The van der Waals surface area contributed by atoms with Gasteiger partial charge in [-0.2, -0.15) is 23.5 Å². The lowest BCUT2D eigenvalue weighted by Gasteiger charge is -2.33. The number of nitrogens with one attached hydrogen (secondary N) is 2. The van der Waals surface area contributed by atoms with Gasteiger partial charge in [0.15, 0.2) is 5.82 Å². The third kappa shape index (κ3) is 5.92. The predicted octanol–water partition coefficient (Wildman–Crippen LogP) is 2.49. The number of hydrogen-bond donors (Lipinski definition) is 3. The standard InChI is InChI=1S/C21H25F3N6O4S/c1-34-9-8-27-15-4-7-18(13(10-15)11-25)30-12-17(19(26)31)20(29-30)28-14-2-5-16(6-3-14)35(32,33)21(22,23)24/h2-3,5-6,12-13,15,18,27H,4,7-10H2,1H3,(H2,26,31)(H,28,29)/t13-,15+,18+/m1/s1. The quantitative estimate of drug-likeness (QED) is 0.432. The number of rotatable bonds is 9. The SMILES string of the molecule is COCCN[C@H]1CC[C@H](n2cc(C(N)=O)c(Nc3ccc(S(=O)(=O)C(F)(F)F)cc3)n2)[C@@H](C#N)C1. The number of ether oxygens (including phenoxy) is 1. The Morgan fingerprint density at radius 3 is 2.57 bits per heavy atom. The molecule has 3 rings (SSSR count).